The van der Waals surface area contributed by atoms with Crippen LogP contribution in [0, 0.1) is 0 Å². The lowest BCUT2D eigenvalue weighted by atomic mass is 10.1. The first kappa shape index (κ1) is 32.3. The minimum Gasteiger partial charge on any atom is -0.444 e. The summed E-state index contributed by atoms with van der Waals surface area (Å²) in [6, 6.07) is 8.06. The molecule has 2 aliphatic rings. The number of rotatable bonds is 12. The second-order valence-corrected chi connectivity index (χ2v) is 13.1. The van der Waals surface area contributed by atoms with Crippen LogP contribution in [0.3, 0.4) is 0 Å². The van der Waals surface area contributed by atoms with Crippen molar-refractivity contribution in [2.24, 2.45) is 0 Å². The van der Waals surface area contributed by atoms with Crippen LogP contribution in [-0.4, -0.2) is 80.0 Å². The molecule has 2 aliphatic heterocycles. The van der Waals surface area contributed by atoms with Crippen molar-refractivity contribution in [1.29, 1.82) is 0 Å². The summed E-state index contributed by atoms with van der Waals surface area (Å²) in [6.07, 6.45) is 6.41. The highest BCUT2D eigenvalue weighted by molar-refractivity contribution is 6.10. The minimum absolute atomic E-state index is 0.0523. The monoisotopic (exact) mass is 617 g/mol. The van der Waals surface area contributed by atoms with E-state index >= 15 is 0 Å². The Balaban J connectivity index is 1.28. The summed E-state index contributed by atoms with van der Waals surface area (Å²) in [5, 5.41) is 11.1. The van der Waals surface area contributed by atoms with Crippen LogP contribution in [0.25, 0.3) is 11.5 Å². The Morgan fingerprint density at radius 2 is 1.98 bits per heavy atom. The van der Waals surface area contributed by atoms with Gasteiger partial charge in [0.25, 0.3) is 5.91 Å². The number of aryl methyl sites for hydroxylation is 1. The zero-order valence-electron chi connectivity index (χ0n) is 27.5. The van der Waals surface area contributed by atoms with Gasteiger partial charge in [-0.1, -0.05) is 12.5 Å². The fraction of sp³-hybridized carbons (Fsp3) is 0.576. The Bertz CT molecular complexity index is 1500. The Kier molecular flexibility index (Phi) is 10.0. The number of fused-ring (bicyclic) bond motifs is 1. The normalized spacial score (nSPS) is 16.5. The Hall–Kier alpha value is -4.06. The molecular weight excluding hydrogens is 570 g/mol. The molecule has 5 heterocycles. The molecule has 45 heavy (non-hydrogen) atoms. The lowest BCUT2D eigenvalue weighted by Crippen LogP contribution is -2.33. The maximum absolute atomic E-state index is 14.0. The van der Waals surface area contributed by atoms with E-state index in [1.54, 1.807) is 11.2 Å². The molecule has 1 fully saturated rings. The number of carbonyl (C=O) groups is 2. The molecule has 0 radical (unpaired) electrons. The highest BCUT2D eigenvalue weighted by Crippen LogP contribution is 2.34. The molecule has 1 saturated heterocycles. The van der Waals surface area contributed by atoms with Crippen LogP contribution in [-0.2, 0) is 24.4 Å². The van der Waals surface area contributed by atoms with Crippen molar-refractivity contribution in [1.82, 2.24) is 34.9 Å². The molecule has 3 aromatic heterocycles. The van der Waals surface area contributed by atoms with Gasteiger partial charge >= 0.3 is 6.09 Å². The van der Waals surface area contributed by atoms with Crippen molar-refractivity contribution in [2.75, 3.05) is 36.5 Å². The number of hydrogen-bond donors (Lipinski definition) is 1. The number of nitrogens with zero attached hydrogens (tertiary/aromatic N) is 8. The van der Waals surface area contributed by atoms with Crippen molar-refractivity contribution in [3.63, 3.8) is 0 Å². The number of pyridine rings is 2. The molecule has 12 nitrogen and oxygen atoms in total. The van der Waals surface area contributed by atoms with Crippen molar-refractivity contribution in [3.8, 4) is 11.5 Å². The van der Waals surface area contributed by atoms with Gasteiger partial charge in [0.1, 0.15) is 29.3 Å². The summed E-state index contributed by atoms with van der Waals surface area (Å²) in [5.41, 5.74) is 2.80. The third-order valence-corrected chi connectivity index (χ3v) is 8.34. The number of alkyl carbamates (subject to hydrolysis) is 1. The van der Waals surface area contributed by atoms with Crippen molar-refractivity contribution < 1.29 is 14.3 Å². The molecule has 1 atom stereocenters. The summed E-state index contributed by atoms with van der Waals surface area (Å²) >= 11 is 0. The number of nitrogens with one attached hydrogen (secondary N) is 1. The largest absolute Gasteiger partial charge is 0.444 e. The second-order valence-electron chi connectivity index (χ2n) is 13.1. The third-order valence-electron chi connectivity index (χ3n) is 8.34. The topological polar surface area (TPSA) is 122 Å². The summed E-state index contributed by atoms with van der Waals surface area (Å²) in [7, 11) is 2.10. The maximum Gasteiger partial charge on any atom is 0.407 e. The molecule has 5 rings (SSSR count). The molecule has 0 saturated carbocycles. The first-order valence-corrected chi connectivity index (χ1v) is 16.2. The molecule has 2 amide bonds. The van der Waals surface area contributed by atoms with Gasteiger partial charge in [0.15, 0.2) is 5.82 Å². The van der Waals surface area contributed by atoms with Gasteiger partial charge in [-0.2, -0.15) is 0 Å². The fourth-order valence-corrected chi connectivity index (χ4v) is 5.99. The van der Waals surface area contributed by atoms with Crippen molar-refractivity contribution in [2.45, 2.75) is 98.0 Å². The standard InChI is InChI=1S/C33H47N9O3/c1-7-40-22-35-38-30(40)26-14-11-15-28(36-26)42-20-25-24(31(42)43)19-29(41-18-12-13-23(41)2)37-27(25)21-39(6)17-10-8-9-16-34-32(44)45-33(3,4)5/h11,14-15,19,22-23H,7-10,12-13,16-18,20-21H2,1-6H3,(H,34,44)/t23-/m1/s1. The minimum atomic E-state index is -0.496. The molecular formula is C33H47N9O3. The summed E-state index contributed by atoms with van der Waals surface area (Å²) in [4.78, 5) is 42.2. The van der Waals surface area contributed by atoms with Crippen LogP contribution in [0.15, 0.2) is 30.6 Å². The third kappa shape index (κ3) is 7.78. The van der Waals surface area contributed by atoms with Gasteiger partial charge in [-0.25, -0.2) is 14.8 Å². The van der Waals surface area contributed by atoms with E-state index in [1.165, 1.54) is 0 Å². The van der Waals surface area contributed by atoms with Crippen LogP contribution in [0.1, 0.15) is 88.3 Å². The van der Waals surface area contributed by atoms with Gasteiger partial charge in [0.2, 0.25) is 0 Å². The van der Waals surface area contributed by atoms with Crippen LogP contribution in [0.2, 0.25) is 0 Å². The number of anilines is 2. The van der Waals surface area contributed by atoms with Crippen LogP contribution < -0.4 is 15.1 Å². The average Bonchev–Trinajstić information content (AvgIpc) is 3.73. The lowest BCUT2D eigenvalue weighted by Gasteiger charge is -2.25. The molecule has 0 aromatic carbocycles. The zero-order valence-corrected chi connectivity index (χ0v) is 27.5. The maximum atomic E-state index is 14.0. The molecule has 0 bridgehead atoms. The van der Waals surface area contributed by atoms with Crippen LogP contribution in [0.5, 0.6) is 0 Å². The number of unbranched alkanes of at least 4 members (excludes halogenated alkanes) is 2. The first-order valence-electron chi connectivity index (χ1n) is 16.2. The molecule has 242 valence electrons. The first-order chi connectivity index (χ1) is 21.5. The number of hydrogen-bond acceptors (Lipinski definition) is 9. The van der Waals surface area contributed by atoms with E-state index in [1.807, 2.05) is 56.5 Å². The van der Waals surface area contributed by atoms with Crippen LogP contribution in [0.4, 0.5) is 16.4 Å². The second kappa shape index (κ2) is 13.9. The van der Waals surface area contributed by atoms with Gasteiger partial charge in [-0.05, 0) is 92.1 Å². The highest BCUT2D eigenvalue weighted by atomic mass is 16.6. The van der Waals surface area contributed by atoms with E-state index in [4.69, 9.17) is 14.7 Å². The van der Waals surface area contributed by atoms with Crippen molar-refractivity contribution in [3.05, 3.63) is 47.4 Å². The van der Waals surface area contributed by atoms with E-state index in [0.29, 0.717) is 48.6 Å². The predicted octanol–water partition coefficient (Wildman–Crippen LogP) is 5.03. The van der Waals surface area contributed by atoms with Gasteiger partial charge in [0.05, 0.1) is 17.8 Å². The van der Waals surface area contributed by atoms with E-state index in [9.17, 15) is 9.59 Å². The quantitative estimate of drug-likeness (QED) is 0.279. The number of ether oxygens (including phenoxy) is 1. The zero-order chi connectivity index (χ0) is 32.1. The Morgan fingerprint density at radius 1 is 1.16 bits per heavy atom. The Morgan fingerprint density at radius 3 is 2.71 bits per heavy atom. The van der Waals surface area contributed by atoms with Crippen molar-refractivity contribution >= 4 is 23.6 Å². The molecule has 12 heteroatoms. The SMILES string of the molecule is CCn1cnnc1-c1cccc(N2Cc3c(cc(N4CCC[C@H]4C)nc3CN(C)CCCCCNC(=O)OC(C)(C)C)C2=O)n1. The molecule has 0 aliphatic carbocycles. The number of carbonyl (C=O) groups excluding carboxylic acids is 2. The van der Waals surface area contributed by atoms with Gasteiger partial charge in [-0.15, -0.1) is 10.2 Å². The van der Waals surface area contributed by atoms with Gasteiger partial charge in [-0.3, -0.25) is 9.69 Å². The van der Waals surface area contributed by atoms with Gasteiger partial charge < -0.3 is 24.4 Å². The summed E-state index contributed by atoms with van der Waals surface area (Å²) in [5.74, 6) is 2.10. The van der Waals surface area contributed by atoms with E-state index in [0.717, 1.165) is 68.8 Å². The average molecular weight is 618 g/mol. The molecule has 3 aromatic rings. The number of amides is 2. The highest BCUT2D eigenvalue weighted by Gasteiger charge is 2.35. The van der Waals surface area contributed by atoms with E-state index in [2.05, 4.69) is 39.3 Å². The smallest absolute Gasteiger partial charge is 0.407 e. The van der Waals surface area contributed by atoms with E-state index in [-0.39, 0.29) is 12.0 Å². The lowest BCUT2D eigenvalue weighted by molar-refractivity contribution is 0.0526. The van der Waals surface area contributed by atoms with E-state index < -0.39 is 5.60 Å². The van der Waals surface area contributed by atoms with Gasteiger partial charge in [0, 0.05) is 37.8 Å². The molecule has 0 unspecified atom stereocenters. The molecule has 1 N–H and O–H groups in total. The summed E-state index contributed by atoms with van der Waals surface area (Å²) < 4.78 is 7.24. The fourth-order valence-electron chi connectivity index (χ4n) is 5.99. The number of aromatic nitrogens is 5. The summed E-state index contributed by atoms with van der Waals surface area (Å²) in [6.45, 7) is 14.0. The predicted molar refractivity (Wildman–Crippen MR) is 174 cm³/mol. The Labute approximate surface area is 266 Å². The molecule has 0 spiro atoms. The van der Waals surface area contributed by atoms with Crippen LogP contribution >= 0.6 is 0 Å².